The van der Waals surface area contributed by atoms with Gasteiger partial charge in [0.2, 0.25) is 0 Å². The second-order valence-electron chi connectivity index (χ2n) is 1.12. The summed E-state index contributed by atoms with van der Waals surface area (Å²) in [5, 5.41) is 2.01. The maximum absolute atomic E-state index is 9.42. The summed E-state index contributed by atoms with van der Waals surface area (Å²) in [4.78, 5) is 9.42. The van der Waals surface area contributed by atoms with E-state index in [2.05, 4.69) is 0 Å². The molecule has 0 aromatic heterocycles. The van der Waals surface area contributed by atoms with Crippen LogP contribution in [-0.4, -0.2) is 10.9 Å². The minimum atomic E-state index is -1.18. The first-order chi connectivity index (χ1) is 3.06. The van der Waals surface area contributed by atoms with Gasteiger partial charge >= 0.3 is 6.41 Å². The molecule has 0 aliphatic heterocycles. The summed E-state index contributed by atoms with van der Waals surface area (Å²) < 4.78 is -1.18. The molecule has 0 saturated carbocycles. The summed E-state index contributed by atoms with van der Waals surface area (Å²) in [5.41, 5.74) is 0. The first kappa shape index (κ1) is 7.05. The number of rotatable bonds is 2. The number of carbonyl (C=O) groups excluding carboxylic acids is 1. The van der Waals surface area contributed by atoms with Gasteiger partial charge in [0.25, 0.3) is 0 Å². The van der Waals surface area contributed by atoms with Crippen molar-refractivity contribution < 1.29 is 4.79 Å². The molecule has 7 heavy (non-hydrogen) atoms. The Morgan fingerprint density at radius 2 is 2.14 bits per heavy atom. The Morgan fingerprint density at radius 3 is 2.14 bits per heavy atom. The molecule has 1 N–H and O–H groups in total. The molecular formula is C3H4Cl2NO. The molecule has 0 heterocycles. The highest BCUT2D eigenvalue weighted by molar-refractivity contribution is 6.48. The van der Waals surface area contributed by atoms with Crippen LogP contribution in [0.25, 0.3) is 0 Å². The molecule has 0 aromatic carbocycles. The molecule has 0 bridgehead atoms. The highest BCUT2D eigenvalue weighted by Gasteiger charge is 2.12. The quantitative estimate of drug-likeness (QED) is 0.344. The van der Waals surface area contributed by atoms with E-state index in [0.29, 0.717) is 0 Å². The number of hydrogen-bond donors (Lipinski definition) is 1. The first-order valence-electron chi connectivity index (χ1n) is 1.58. The Bertz CT molecular complexity index is 67.8. The van der Waals surface area contributed by atoms with E-state index in [9.17, 15) is 4.79 Å². The van der Waals surface area contributed by atoms with Crippen molar-refractivity contribution in [2.24, 2.45) is 0 Å². The van der Waals surface area contributed by atoms with Crippen LogP contribution in [0.1, 0.15) is 6.92 Å². The molecule has 0 spiro atoms. The van der Waals surface area contributed by atoms with Gasteiger partial charge in [0.05, 0.1) is 0 Å². The van der Waals surface area contributed by atoms with Crippen LogP contribution in [0, 0.1) is 0 Å². The first-order valence-corrected chi connectivity index (χ1v) is 2.34. The molecule has 0 aromatic rings. The van der Waals surface area contributed by atoms with E-state index in [1.54, 1.807) is 0 Å². The van der Waals surface area contributed by atoms with Gasteiger partial charge < -0.3 is 5.32 Å². The molecular weight excluding hydrogens is 137 g/mol. The van der Waals surface area contributed by atoms with Crippen molar-refractivity contribution in [2.45, 2.75) is 11.4 Å². The van der Waals surface area contributed by atoms with Gasteiger partial charge in [-0.15, -0.1) is 0 Å². The average molecular weight is 141 g/mol. The van der Waals surface area contributed by atoms with Crippen LogP contribution >= 0.6 is 23.2 Å². The van der Waals surface area contributed by atoms with E-state index in [1.807, 2.05) is 5.32 Å². The van der Waals surface area contributed by atoms with E-state index < -0.39 is 4.46 Å². The third kappa shape index (κ3) is 6.05. The normalized spacial score (nSPS) is 10.7. The predicted molar refractivity (Wildman–Crippen MR) is 28.9 cm³/mol. The fourth-order valence-electron chi connectivity index (χ4n) is 0.0896. The van der Waals surface area contributed by atoms with Crippen LogP contribution in [0.4, 0.5) is 0 Å². The van der Waals surface area contributed by atoms with Crippen molar-refractivity contribution in [2.75, 3.05) is 0 Å². The predicted octanol–water partition coefficient (Wildman–Crippen LogP) is 0.794. The SMILES string of the molecule is CC(Cl)(Cl)N[C]=O. The Kier molecular flexibility index (Phi) is 2.40. The average Bonchev–Trinajstić information content (AvgIpc) is 1.30. The van der Waals surface area contributed by atoms with Crippen LogP contribution in [0.15, 0.2) is 0 Å². The van der Waals surface area contributed by atoms with Crippen LogP contribution < -0.4 is 5.32 Å². The molecule has 1 amide bonds. The molecule has 0 rings (SSSR count). The van der Waals surface area contributed by atoms with E-state index in [0.717, 1.165) is 0 Å². The third-order valence-corrected chi connectivity index (χ3v) is 0.460. The van der Waals surface area contributed by atoms with Crippen LogP contribution in [0.2, 0.25) is 0 Å². The van der Waals surface area contributed by atoms with E-state index >= 15 is 0 Å². The Hall–Kier alpha value is 0.0500. The van der Waals surface area contributed by atoms with Gasteiger partial charge in [-0.2, -0.15) is 0 Å². The van der Waals surface area contributed by atoms with Gasteiger partial charge in [0, 0.05) is 0 Å². The molecule has 41 valence electrons. The van der Waals surface area contributed by atoms with E-state index in [-0.39, 0.29) is 0 Å². The molecule has 0 aliphatic carbocycles. The van der Waals surface area contributed by atoms with Gasteiger partial charge in [-0.3, -0.25) is 4.79 Å². The van der Waals surface area contributed by atoms with Crippen molar-refractivity contribution in [3.8, 4) is 0 Å². The lowest BCUT2D eigenvalue weighted by Gasteiger charge is -2.07. The Morgan fingerprint density at radius 1 is 1.71 bits per heavy atom. The molecule has 0 saturated heterocycles. The number of hydrogen-bond acceptors (Lipinski definition) is 1. The van der Waals surface area contributed by atoms with Crippen molar-refractivity contribution in [1.82, 2.24) is 5.32 Å². The largest absolute Gasteiger partial charge is 0.317 e. The topological polar surface area (TPSA) is 29.1 Å². The highest BCUT2D eigenvalue weighted by atomic mass is 35.5. The second-order valence-corrected chi connectivity index (χ2v) is 2.82. The van der Waals surface area contributed by atoms with Gasteiger partial charge in [-0.25, -0.2) is 0 Å². The van der Waals surface area contributed by atoms with Gasteiger partial charge in [-0.1, -0.05) is 23.2 Å². The monoisotopic (exact) mass is 140 g/mol. The van der Waals surface area contributed by atoms with Crippen molar-refractivity contribution in [3.05, 3.63) is 0 Å². The maximum atomic E-state index is 9.42. The van der Waals surface area contributed by atoms with E-state index in [4.69, 9.17) is 23.2 Å². The minimum absolute atomic E-state index is 1.18. The summed E-state index contributed by atoms with van der Waals surface area (Å²) >= 11 is 10.5. The van der Waals surface area contributed by atoms with Crippen LogP contribution in [-0.2, 0) is 4.79 Å². The second kappa shape index (κ2) is 2.38. The zero-order valence-corrected chi connectivity index (χ0v) is 5.18. The van der Waals surface area contributed by atoms with Gasteiger partial charge in [0.15, 0.2) is 4.46 Å². The molecule has 1 radical (unpaired) electrons. The molecule has 4 heteroatoms. The van der Waals surface area contributed by atoms with Crippen molar-refractivity contribution in [1.29, 1.82) is 0 Å². The number of amides is 1. The molecule has 0 unspecified atom stereocenters. The molecule has 0 fully saturated rings. The zero-order chi connectivity index (χ0) is 5.91. The lowest BCUT2D eigenvalue weighted by atomic mass is 10.7. The third-order valence-electron chi connectivity index (χ3n) is 0.271. The fraction of sp³-hybridized carbons (Fsp3) is 0.667. The lowest BCUT2D eigenvalue weighted by Crippen LogP contribution is -2.28. The number of nitrogens with one attached hydrogen (secondary N) is 1. The summed E-state index contributed by atoms with van der Waals surface area (Å²) in [6, 6.07) is 0. The van der Waals surface area contributed by atoms with Gasteiger partial charge in [0.1, 0.15) is 0 Å². The van der Waals surface area contributed by atoms with Crippen LogP contribution in [0.3, 0.4) is 0 Å². The lowest BCUT2D eigenvalue weighted by molar-refractivity contribution is 0.537. The minimum Gasteiger partial charge on any atom is -0.317 e. The van der Waals surface area contributed by atoms with E-state index in [1.165, 1.54) is 13.3 Å². The molecule has 2 nitrogen and oxygen atoms in total. The number of alkyl halides is 2. The molecule has 0 atom stereocenters. The Labute approximate surface area is 51.8 Å². The summed E-state index contributed by atoms with van der Waals surface area (Å²) in [6.45, 7) is 1.43. The summed E-state index contributed by atoms with van der Waals surface area (Å²) in [5.74, 6) is 0. The fourth-order valence-corrected chi connectivity index (χ4v) is 0.167. The highest BCUT2D eigenvalue weighted by Crippen LogP contribution is 2.12. The maximum Gasteiger partial charge on any atom is 0.311 e. The zero-order valence-electron chi connectivity index (χ0n) is 3.66. The summed E-state index contributed by atoms with van der Waals surface area (Å²) in [6.07, 6.45) is 1.34. The smallest absolute Gasteiger partial charge is 0.311 e. The van der Waals surface area contributed by atoms with Crippen molar-refractivity contribution >= 4 is 29.6 Å². The molecule has 0 aliphatic rings. The standard InChI is InChI=1S/C3H4Cl2NO/c1-3(4,5)6-2-7/h1H3,(H,6,7). The number of halogens is 2. The summed E-state index contributed by atoms with van der Waals surface area (Å²) in [7, 11) is 0. The van der Waals surface area contributed by atoms with Crippen molar-refractivity contribution in [3.63, 3.8) is 0 Å². The van der Waals surface area contributed by atoms with Gasteiger partial charge in [-0.05, 0) is 6.92 Å². The Balaban J connectivity index is 3.34. The van der Waals surface area contributed by atoms with Crippen LogP contribution in [0.5, 0.6) is 0 Å².